The maximum atomic E-state index is 11.1. The van der Waals surface area contributed by atoms with Crippen molar-refractivity contribution in [3.8, 4) is 0 Å². The van der Waals surface area contributed by atoms with Gasteiger partial charge in [0, 0.05) is 35.1 Å². The number of benzene rings is 1. The van der Waals surface area contributed by atoms with Gasteiger partial charge < -0.3 is 5.32 Å². The molecule has 0 aliphatic heterocycles. The van der Waals surface area contributed by atoms with Crippen molar-refractivity contribution in [1.82, 2.24) is 4.98 Å². The lowest BCUT2D eigenvalue weighted by Crippen LogP contribution is -2.27. The third-order valence-corrected chi connectivity index (χ3v) is 3.68. The number of nitro benzene ring substituents is 1. The van der Waals surface area contributed by atoms with Gasteiger partial charge >= 0.3 is 0 Å². The zero-order valence-electron chi connectivity index (χ0n) is 10.7. The molecule has 0 amide bonds. The van der Waals surface area contributed by atoms with Crippen LogP contribution in [0.3, 0.4) is 0 Å². The van der Waals surface area contributed by atoms with Gasteiger partial charge in [0.1, 0.15) is 0 Å². The van der Waals surface area contributed by atoms with E-state index in [1.165, 1.54) is 19.3 Å². The Bertz CT molecular complexity index is 650. The van der Waals surface area contributed by atoms with Crippen molar-refractivity contribution in [1.29, 1.82) is 0 Å². The summed E-state index contributed by atoms with van der Waals surface area (Å²) in [6.45, 7) is 1.89. The zero-order chi connectivity index (χ0) is 13.4. The molecule has 1 heterocycles. The van der Waals surface area contributed by atoms with Crippen LogP contribution in [0.15, 0.2) is 24.4 Å². The normalized spacial score (nSPS) is 15.2. The Hall–Kier alpha value is -2.17. The van der Waals surface area contributed by atoms with Crippen molar-refractivity contribution in [2.24, 2.45) is 0 Å². The SMILES string of the molecule is Cc1cc2c(NC3CCC3)ccc([N+](=O)[O-])c2cn1. The van der Waals surface area contributed by atoms with Gasteiger partial charge in [-0.2, -0.15) is 0 Å². The molecule has 0 bridgehead atoms. The monoisotopic (exact) mass is 257 g/mol. The minimum Gasteiger partial charge on any atom is -0.382 e. The fraction of sp³-hybridized carbons (Fsp3) is 0.357. The highest BCUT2D eigenvalue weighted by Gasteiger charge is 2.20. The number of nitro groups is 1. The van der Waals surface area contributed by atoms with Gasteiger partial charge in [0.05, 0.1) is 10.3 Å². The van der Waals surface area contributed by atoms with Gasteiger partial charge in [0.25, 0.3) is 5.69 Å². The summed E-state index contributed by atoms with van der Waals surface area (Å²) in [5.41, 5.74) is 1.95. The standard InChI is InChI=1S/C14H15N3O2/c1-9-7-11-12(8-15-9)14(17(18)19)6-5-13(11)16-10-3-2-4-10/h5-8,10,16H,2-4H2,1H3. The summed E-state index contributed by atoms with van der Waals surface area (Å²) in [6.07, 6.45) is 5.18. The Morgan fingerprint density at radius 3 is 2.79 bits per heavy atom. The molecule has 1 aromatic heterocycles. The molecule has 0 unspecified atom stereocenters. The highest BCUT2D eigenvalue weighted by Crippen LogP contribution is 2.33. The van der Waals surface area contributed by atoms with Crippen LogP contribution in [-0.2, 0) is 0 Å². The minimum absolute atomic E-state index is 0.113. The zero-order valence-corrected chi connectivity index (χ0v) is 10.7. The number of hydrogen-bond acceptors (Lipinski definition) is 4. The van der Waals surface area contributed by atoms with Gasteiger partial charge in [0.15, 0.2) is 0 Å². The predicted octanol–water partition coefficient (Wildman–Crippen LogP) is 3.42. The summed E-state index contributed by atoms with van der Waals surface area (Å²) in [6, 6.07) is 5.76. The summed E-state index contributed by atoms with van der Waals surface area (Å²) in [5.74, 6) is 0. The van der Waals surface area contributed by atoms with Crippen LogP contribution in [0.25, 0.3) is 10.8 Å². The van der Waals surface area contributed by atoms with Crippen molar-refractivity contribution in [2.45, 2.75) is 32.2 Å². The van der Waals surface area contributed by atoms with E-state index in [4.69, 9.17) is 0 Å². The number of nitrogens with one attached hydrogen (secondary N) is 1. The average Bonchev–Trinajstić information content (AvgIpc) is 2.33. The Kier molecular flexibility index (Phi) is 2.81. The van der Waals surface area contributed by atoms with Gasteiger partial charge in [-0.05, 0) is 38.3 Å². The molecule has 1 saturated carbocycles. The van der Waals surface area contributed by atoms with E-state index in [0.717, 1.165) is 16.8 Å². The number of non-ortho nitro benzene ring substituents is 1. The summed E-state index contributed by atoms with van der Waals surface area (Å²) in [5, 5.41) is 16.0. The third kappa shape index (κ3) is 2.12. The van der Waals surface area contributed by atoms with Gasteiger partial charge in [-0.3, -0.25) is 15.1 Å². The molecule has 5 heteroatoms. The first-order chi connectivity index (χ1) is 9.15. The van der Waals surface area contributed by atoms with E-state index in [-0.39, 0.29) is 10.6 Å². The van der Waals surface area contributed by atoms with Crippen LogP contribution >= 0.6 is 0 Å². The van der Waals surface area contributed by atoms with Crippen LogP contribution in [0.5, 0.6) is 0 Å². The molecule has 0 radical (unpaired) electrons. The lowest BCUT2D eigenvalue weighted by molar-refractivity contribution is -0.383. The number of pyridine rings is 1. The molecular formula is C14H15N3O2. The molecule has 5 nitrogen and oxygen atoms in total. The topological polar surface area (TPSA) is 68.1 Å². The van der Waals surface area contributed by atoms with E-state index in [9.17, 15) is 10.1 Å². The Morgan fingerprint density at radius 2 is 2.16 bits per heavy atom. The molecule has 1 N–H and O–H groups in total. The second-order valence-corrected chi connectivity index (χ2v) is 5.03. The maximum Gasteiger partial charge on any atom is 0.278 e. The predicted molar refractivity (Wildman–Crippen MR) is 74.4 cm³/mol. The molecule has 0 atom stereocenters. The molecule has 1 aromatic carbocycles. The van der Waals surface area contributed by atoms with E-state index in [0.29, 0.717) is 11.4 Å². The van der Waals surface area contributed by atoms with Crippen molar-refractivity contribution >= 4 is 22.1 Å². The quantitative estimate of drug-likeness (QED) is 0.675. The van der Waals surface area contributed by atoms with E-state index in [2.05, 4.69) is 10.3 Å². The second-order valence-electron chi connectivity index (χ2n) is 5.03. The maximum absolute atomic E-state index is 11.1. The van der Waals surface area contributed by atoms with Gasteiger partial charge in [-0.15, -0.1) is 0 Å². The molecule has 0 spiro atoms. The summed E-state index contributed by atoms with van der Waals surface area (Å²) in [7, 11) is 0. The molecule has 1 aliphatic carbocycles. The minimum atomic E-state index is -0.355. The number of hydrogen-bond donors (Lipinski definition) is 1. The first kappa shape index (κ1) is 11.9. The van der Waals surface area contributed by atoms with Crippen LogP contribution in [0, 0.1) is 17.0 Å². The van der Waals surface area contributed by atoms with Gasteiger partial charge in [-0.25, -0.2) is 0 Å². The lowest BCUT2D eigenvalue weighted by Gasteiger charge is -2.28. The molecular weight excluding hydrogens is 242 g/mol. The van der Waals surface area contributed by atoms with E-state index in [1.54, 1.807) is 18.3 Å². The molecule has 2 aromatic rings. The van der Waals surface area contributed by atoms with E-state index >= 15 is 0 Å². The van der Waals surface area contributed by atoms with Crippen LogP contribution in [0.1, 0.15) is 25.0 Å². The summed E-state index contributed by atoms with van der Waals surface area (Å²) >= 11 is 0. The first-order valence-corrected chi connectivity index (χ1v) is 6.45. The second kappa shape index (κ2) is 4.50. The van der Waals surface area contributed by atoms with Gasteiger partial charge in [0.2, 0.25) is 0 Å². The largest absolute Gasteiger partial charge is 0.382 e. The Morgan fingerprint density at radius 1 is 1.37 bits per heavy atom. The molecule has 1 aliphatic rings. The molecule has 1 fully saturated rings. The summed E-state index contributed by atoms with van der Waals surface area (Å²) in [4.78, 5) is 14.9. The van der Waals surface area contributed by atoms with Crippen molar-refractivity contribution in [2.75, 3.05) is 5.32 Å². The number of fused-ring (bicyclic) bond motifs is 1. The van der Waals surface area contributed by atoms with Crippen molar-refractivity contribution < 1.29 is 4.92 Å². The molecule has 19 heavy (non-hydrogen) atoms. The van der Waals surface area contributed by atoms with Crippen LogP contribution < -0.4 is 5.32 Å². The van der Waals surface area contributed by atoms with Crippen LogP contribution in [-0.4, -0.2) is 15.9 Å². The lowest BCUT2D eigenvalue weighted by atomic mass is 9.92. The number of rotatable bonds is 3. The van der Waals surface area contributed by atoms with E-state index < -0.39 is 0 Å². The number of aryl methyl sites for hydroxylation is 1. The third-order valence-electron chi connectivity index (χ3n) is 3.68. The van der Waals surface area contributed by atoms with Crippen molar-refractivity contribution in [3.63, 3.8) is 0 Å². The molecule has 98 valence electrons. The fourth-order valence-corrected chi connectivity index (χ4v) is 2.39. The highest BCUT2D eigenvalue weighted by molar-refractivity contribution is 5.99. The first-order valence-electron chi connectivity index (χ1n) is 6.45. The average molecular weight is 257 g/mol. The Labute approximate surface area is 110 Å². The number of nitrogens with zero attached hydrogens (tertiary/aromatic N) is 2. The fourth-order valence-electron chi connectivity index (χ4n) is 2.39. The number of aromatic nitrogens is 1. The highest BCUT2D eigenvalue weighted by atomic mass is 16.6. The smallest absolute Gasteiger partial charge is 0.278 e. The molecule has 0 saturated heterocycles. The van der Waals surface area contributed by atoms with Crippen LogP contribution in [0.2, 0.25) is 0 Å². The van der Waals surface area contributed by atoms with Gasteiger partial charge in [-0.1, -0.05) is 0 Å². The van der Waals surface area contributed by atoms with Crippen LogP contribution in [0.4, 0.5) is 11.4 Å². The summed E-state index contributed by atoms with van der Waals surface area (Å²) < 4.78 is 0. The van der Waals surface area contributed by atoms with Crippen molar-refractivity contribution in [3.05, 3.63) is 40.2 Å². The van der Waals surface area contributed by atoms with E-state index in [1.807, 2.05) is 13.0 Å². The molecule has 3 rings (SSSR count). The number of anilines is 1. The Balaban J connectivity index is 2.14.